The maximum atomic E-state index is 12.1. The van der Waals surface area contributed by atoms with Crippen molar-refractivity contribution in [1.82, 2.24) is 15.1 Å². The Morgan fingerprint density at radius 1 is 1.53 bits per heavy atom. The molecule has 1 N–H and O–H groups in total. The van der Waals surface area contributed by atoms with Crippen LogP contribution in [-0.4, -0.2) is 21.7 Å². The lowest BCUT2D eigenvalue weighted by Gasteiger charge is -2.24. The Bertz CT molecular complexity index is 622. The van der Waals surface area contributed by atoms with E-state index in [0.717, 1.165) is 25.1 Å². The summed E-state index contributed by atoms with van der Waals surface area (Å²) >= 11 is 13.0. The summed E-state index contributed by atoms with van der Waals surface area (Å²) in [4.78, 5) is 12.1. The van der Waals surface area contributed by atoms with Gasteiger partial charge in [0, 0.05) is 30.9 Å². The van der Waals surface area contributed by atoms with Gasteiger partial charge in [0.1, 0.15) is 4.34 Å². The molecule has 19 heavy (non-hydrogen) atoms. The van der Waals surface area contributed by atoms with E-state index < -0.39 is 0 Å². The summed E-state index contributed by atoms with van der Waals surface area (Å²) in [6.45, 7) is 0.825. The Morgan fingerprint density at radius 2 is 2.37 bits per heavy atom. The fraction of sp³-hybridized carbons (Fsp3) is 0.333. The van der Waals surface area contributed by atoms with Crippen molar-refractivity contribution in [1.29, 1.82) is 0 Å². The molecule has 1 amide bonds. The molecule has 0 radical (unpaired) electrons. The van der Waals surface area contributed by atoms with Gasteiger partial charge < -0.3 is 5.32 Å². The van der Waals surface area contributed by atoms with Gasteiger partial charge in [-0.25, -0.2) is 0 Å². The molecule has 2 aromatic rings. The zero-order chi connectivity index (χ0) is 13.4. The SMILES string of the molecule is O=C(N[C@@H]1CCn2nccc2C1)c1cc(Cl)sc1Cl. The predicted octanol–water partition coefficient (Wildman–Crippen LogP) is 3.00. The molecule has 0 saturated carbocycles. The number of aryl methyl sites for hydroxylation is 1. The standard InChI is InChI=1S/C12H11Cl2N3OS/c13-10-6-9(11(14)19-10)12(18)16-7-2-4-17-8(5-7)1-3-15-17/h1,3,6-7H,2,4-5H2,(H,16,18)/t7-/m1/s1. The summed E-state index contributed by atoms with van der Waals surface area (Å²) in [5.74, 6) is -0.161. The molecule has 2 aromatic heterocycles. The Kier molecular flexibility index (Phi) is 3.52. The third-order valence-corrected chi connectivity index (χ3v) is 4.67. The zero-order valence-electron chi connectivity index (χ0n) is 9.90. The molecule has 3 rings (SSSR count). The molecular weight excluding hydrogens is 305 g/mol. The van der Waals surface area contributed by atoms with Crippen molar-refractivity contribution in [2.24, 2.45) is 0 Å². The number of rotatable bonds is 2. The minimum Gasteiger partial charge on any atom is -0.349 e. The van der Waals surface area contributed by atoms with Crippen molar-refractivity contribution in [2.75, 3.05) is 0 Å². The Morgan fingerprint density at radius 3 is 3.11 bits per heavy atom. The molecule has 0 aromatic carbocycles. The van der Waals surface area contributed by atoms with Gasteiger partial charge in [0.25, 0.3) is 5.91 Å². The first-order valence-electron chi connectivity index (χ1n) is 5.90. The highest BCUT2D eigenvalue weighted by molar-refractivity contribution is 7.20. The predicted molar refractivity (Wildman–Crippen MR) is 76.1 cm³/mol. The lowest BCUT2D eigenvalue weighted by molar-refractivity contribution is 0.0931. The molecule has 0 bridgehead atoms. The fourth-order valence-corrected chi connectivity index (χ4v) is 3.71. The fourth-order valence-electron chi connectivity index (χ4n) is 2.25. The summed E-state index contributed by atoms with van der Waals surface area (Å²) in [7, 11) is 0. The number of hydrogen-bond donors (Lipinski definition) is 1. The van der Waals surface area contributed by atoms with E-state index in [1.807, 2.05) is 10.7 Å². The molecule has 0 saturated heterocycles. The van der Waals surface area contributed by atoms with Crippen molar-refractivity contribution in [3.8, 4) is 0 Å². The lowest BCUT2D eigenvalue weighted by Crippen LogP contribution is -2.40. The summed E-state index contributed by atoms with van der Waals surface area (Å²) in [5, 5.41) is 7.22. The molecule has 0 spiro atoms. The minimum atomic E-state index is -0.161. The van der Waals surface area contributed by atoms with Crippen molar-refractivity contribution in [3.05, 3.63) is 38.3 Å². The second-order valence-electron chi connectivity index (χ2n) is 4.45. The molecule has 4 nitrogen and oxygen atoms in total. The average molecular weight is 316 g/mol. The monoisotopic (exact) mass is 315 g/mol. The second kappa shape index (κ2) is 5.15. The summed E-state index contributed by atoms with van der Waals surface area (Å²) in [6, 6.07) is 3.70. The topological polar surface area (TPSA) is 46.9 Å². The number of halogens is 2. The van der Waals surface area contributed by atoms with Crippen LogP contribution < -0.4 is 5.32 Å². The van der Waals surface area contributed by atoms with Crippen LogP contribution in [0, 0.1) is 0 Å². The maximum absolute atomic E-state index is 12.1. The van der Waals surface area contributed by atoms with Crippen molar-refractivity contribution in [2.45, 2.75) is 25.4 Å². The number of thiophene rings is 1. The third-order valence-electron chi connectivity index (χ3n) is 3.19. The van der Waals surface area contributed by atoms with E-state index in [0.29, 0.717) is 14.2 Å². The van der Waals surface area contributed by atoms with Crippen LogP contribution in [0.1, 0.15) is 22.5 Å². The highest BCUT2D eigenvalue weighted by atomic mass is 35.5. The highest BCUT2D eigenvalue weighted by Crippen LogP contribution is 2.31. The van der Waals surface area contributed by atoms with Gasteiger partial charge >= 0.3 is 0 Å². The Hall–Kier alpha value is -1.04. The van der Waals surface area contributed by atoms with Gasteiger partial charge in [-0.05, 0) is 18.6 Å². The molecular formula is C12H11Cl2N3OS. The molecule has 7 heteroatoms. The first-order chi connectivity index (χ1) is 9.13. The van der Waals surface area contributed by atoms with E-state index in [1.54, 1.807) is 12.3 Å². The molecule has 0 unspecified atom stereocenters. The van der Waals surface area contributed by atoms with Gasteiger partial charge in [0.15, 0.2) is 0 Å². The normalized spacial score (nSPS) is 18.1. The van der Waals surface area contributed by atoms with Crippen LogP contribution >= 0.6 is 34.5 Å². The second-order valence-corrected chi connectivity index (χ2v) is 6.73. The maximum Gasteiger partial charge on any atom is 0.253 e. The van der Waals surface area contributed by atoms with Crippen LogP contribution in [0.2, 0.25) is 8.67 Å². The van der Waals surface area contributed by atoms with Crippen LogP contribution in [0.5, 0.6) is 0 Å². The first-order valence-corrected chi connectivity index (χ1v) is 7.47. The van der Waals surface area contributed by atoms with Crippen LogP contribution in [0.25, 0.3) is 0 Å². The van der Waals surface area contributed by atoms with E-state index in [-0.39, 0.29) is 11.9 Å². The summed E-state index contributed by atoms with van der Waals surface area (Å²) < 4.78 is 2.93. The number of amides is 1. The van der Waals surface area contributed by atoms with E-state index in [1.165, 1.54) is 11.3 Å². The van der Waals surface area contributed by atoms with Gasteiger partial charge in [-0.3, -0.25) is 9.48 Å². The van der Waals surface area contributed by atoms with Gasteiger partial charge in [0.2, 0.25) is 0 Å². The van der Waals surface area contributed by atoms with Crippen molar-refractivity contribution < 1.29 is 4.79 Å². The zero-order valence-corrected chi connectivity index (χ0v) is 12.2. The third kappa shape index (κ3) is 2.63. The van der Waals surface area contributed by atoms with Gasteiger partial charge in [-0.2, -0.15) is 5.10 Å². The van der Waals surface area contributed by atoms with Gasteiger partial charge in [-0.15, -0.1) is 11.3 Å². The minimum absolute atomic E-state index is 0.117. The van der Waals surface area contributed by atoms with Gasteiger partial charge in [-0.1, -0.05) is 23.2 Å². The summed E-state index contributed by atoms with van der Waals surface area (Å²) in [6.07, 6.45) is 3.45. The van der Waals surface area contributed by atoms with Gasteiger partial charge in [0.05, 0.1) is 9.90 Å². The first kappa shape index (κ1) is 13.0. The molecule has 1 aliphatic heterocycles. The molecule has 0 fully saturated rings. The highest BCUT2D eigenvalue weighted by Gasteiger charge is 2.22. The largest absolute Gasteiger partial charge is 0.349 e. The van der Waals surface area contributed by atoms with E-state index in [2.05, 4.69) is 10.4 Å². The van der Waals surface area contributed by atoms with E-state index >= 15 is 0 Å². The van der Waals surface area contributed by atoms with Crippen LogP contribution in [0.4, 0.5) is 0 Å². The lowest BCUT2D eigenvalue weighted by atomic mass is 10.0. The quantitative estimate of drug-likeness (QED) is 0.926. The molecule has 100 valence electrons. The number of nitrogens with zero attached hydrogens (tertiary/aromatic N) is 2. The number of aromatic nitrogens is 2. The molecule has 3 heterocycles. The number of carbonyl (C=O) groups excluding carboxylic acids is 1. The molecule has 1 aliphatic rings. The van der Waals surface area contributed by atoms with Crippen LogP contribution in [0.3, 0.4) is 0 Å². The van der Waals surface area contributed by atoms with E-state index in [9.17, 15) is 4.79 Å². The van der Waals surface area contributed by atoms with Crippen LogP contribution in [-0.2, 0) is 13.0 Å². The molecule has 1 atom stereocenters. The van der Waals surface area contributed by atoms with Crippen LogP contribution in [0.15, 0.2) is 18.3 Å². The van der Waals surface area contributed by atoms with Crippen molar-refractivity contribution in [3.63, 3.8) is 0 Å². The number of fused-ring (bicyclic) bond motifs is 1. The smallest absolute Gasteiger partial charge is 0.253 e. The summed E-state index contributed by atoms with van der Waals surface area (Å²) in [5.41, 5.74) is 1.60. The molecule has 0 aliphatic carbocycles. The Labute approximate surface area is 124 Å². The number of nitrogens with one attached hydrogen (secondary N) is 1. The number of hydrogen-bond acceptors (Lipinski definition) is 3. The average Bonchev–Trinajstić information content (AvgIpc) is 2.94. The Balaban J connectivity index is 1.70. The number of carbonyl (C=O) groups is 1. The van der Waals surface area contributed by atoms with Crippen molar-refractivity contribution >= 4 is 40.4 Å². The van der Waals surface area contributed by atoms with E-state index in [4.69, 9.17) is 23.2 Å².